The Balaban J connectivity index is 1.75. The number of hydrogen-bond acceptors (Lipinski definition) is 3. The fourth-order valence-corrected chi connectivity index (χ4v) is 2.54. The summed E-state index contributed by atoms with van der Waals surface area (Å²) in [4.78, 5) is 16.4. The summed E-state index contributed by atoms with van der Waals surface area (Å²) in [5, 5.41) is 6.27. The minimum absolute atomic E-state index is 0.146. The van der Waals surface area contributed by atoms with Crippen LogP contribution < -0.4 is 10.6 Å². The van der Waals surface area contributed by atoms with Gasteiger partial charge in [0.05, 0.1) is 11.3 Å². The van der Waals surface area contributed by atoms with Crippen LogP contribution in [-0.2, 0) is 0 Å². The minimum atomic E-state index is -0.146. The van der Waals surface area contributed by atoms with Gasteiger partial charge in [0.15, 0.2) is 0 Å². The third-order valence-corrected chi connectivity index (χ3v) is 3.88. The van der Waals surface area contributed by atoms with Crippen LogP contribution in [0.4, 0.5) is 11.4 Å². The number of aryl methyl sites for hydroxylation is 1. The second kappa shape index (κ2) is 5.85. The van der Waals surface area contributed by atoms with Gasteiger partial charge in [0.2, 0.25) is 0 Å². The maximum atomic E-state index is 12.3. The van der Waals surface area contributed by atoms with E-state index < -0.39 is 0 Å². The zero-order valence-electron chi connectivity index (χ0n) is 11.7. The van der Waals surface area contributed by atoms with E-state index in [4.69, 9.17) is 0 Å². The number of amides is 1. The van der Waals surface area contributed by atoms with Crippen molar-refractivity contribution < 1.29 is 4.79 Å². The molecule has 0 bridgehead atoms. The van der Waals surface area contributed by atoms with Crippen LogP contribution in [0.5, 0.6) is 0 Å². The first-order valence-electron chi connectivity index (χ1n) is 6.91. The summed E-state index contributed by atoms with van der Waals surface area (Å²) in [7, 11) is 0. The van der Waals surface area contributed by atoms with Gasteiger partial charge in [0.25, 0.3) is 5.91 Å². The lowest BCUT2D eigenvalue weighted by Crippen LogP contribution is -2.13. The maximum absolute atomic E-state index is 12.3. The molecule has 5 heteroatoms. The van der Waals surface area contributed by atoms with Gasteiger partial charge in [-0.15, -0.1) is 0 Å². The molecule has 0 saturated heterocycles. The molecule has 1 aliphatic rings. The maximum Gasteiger partial charge on any atom is 0.257 e. The molecule has 0 aliphatic heterocycles. The Bertz CT molecular complexity index is 683. The number of carbonyl (C=O) groups excluding carboxylic acids is 1. The Morgan fingerprint density at radius 1 is 1.29 bits per heavy atom. The molecule has 0 spiro atoms. The van der Waals surface area contributed by atoms with Crippen molar-refractivity contribution in [3.05, 3.63) is 52.3 Å². The molecule has 3 rings (SSSR count). The number of hydrogen-bond donors (Lipinski definition) is 2. The highest BCUT2D eigenvalue weighted by atomic mass is 79.9. The molecule has 1 aliphatic carbocycles. The molecule has 108 valence electrons. The summed E-state index contributed by atoms with van der Waals surface area (Å²) < 4.78 is 0.996. The Kier molecular flexibility index (Phi) is 3.92. The van der Waals surface area contributed by atoms with E-state index in [1.54, 1.807) is 12.4 Å². The standard InChI is InChI=1S/C16H16BrN3O/c1-10-6-12(17)2-5-15(10)20-16(21)11-7-14(9-18-8-11)19-13-3-4-13/h2,5-9,13,19H,3-4H2,1H3,(H,20,21). The van der Waals surface area contributed by atoms with Gasteiger partial charge in [0, 0.05) is 28.6 Å². The molecule has 1 fully saturated rings. The first-order valence-corrected chi connectivity index (χ1v) is 7.70. The summed E-state index contributed by atoms with van der Waals surface area (Å²) >= 11 is 3.41. The van der Waals surface area contributed by atoms with Gasteiger partial charge in [-0.1, -0.05) is 15.9 Å². The monoisotopic (exact) mass is 345 g/mol. The number of benzene rings is 1. The summed E-state index contributed by atoms with van der Waals surface area (Å²) in [6.45, 7) is 1.96. The van der Waals surface area contributed by atoms with Gasteiger partial charge >= 0.3 is 0 Å². The third-order valence-electron chi connectivity index (χ3n) is 3.39. The van der Waals surface area contributed by atoms with Crippen LogP contribution in [0.15, 0.2) is 41.1 Å². The summed E-state index contributed by atoms with van der Waals surface area (Å²) in [6.07, 6.45) is 5.71. The number of rotatable bonds is 4. The van der Waals surface area contributed by atoms with Crippen molar-refractivity contribution in [2.24, 2.45) is 0 Å². The topological polar surface area (TPSA) is 54.0 Å². The molecule has 0 unspecified atom stereocenters. The Hall–Kier alpha value is -1.88. The van der Waals surface area contributed by atoms with Gasteiger partial charge in [0.1, 0.15) is 0 Å². The van der Waals surface area contributed by atoms with Crippen LogP contribution in [0.2, 0.25) is 0 Å². The largest absolute Gasteiger partial charge is 0.381 e. The van der Waals surface area contributed by atoms with Crippen molar-refractivity contribution >= 4 is 33.2 Å². The first-order chi connectivity index (χ1) is 10.1. The van der Waals surface area contributed by atoms with Gasteiger partial charge in [-0.05, 0) is 49.6 Å². The second-order valence-electron chi connectivity index (χ2n) is 5.29. The zero-order valence-corrected chi connectivity index (χ0v) is 13.3. The number of anilines is 2. The molecule has 1 heterocycles. The predicted octanol–water partition coefficient (Wildman–Crippen LogP) is 3.98. The highest BCUT2D eigenvalue weighted by molar-refractivity contribution is 9.10. The smallest absolute Gasteiger partial charge is 0.257 e. The van der Waals surface area contributed by atoms with Crippen LogP contribution in [-0.4, -0.2) is 16.9 Å². The predicted molar refractivity (Wildman–Crippen MR) is 87.7 cm³/mol. The molecule has 1 aromatic carbocycles. The second-order valence-corrected chi connectivity index (χ2v) is 6.21. The molecule has 1 aromatic heterocycles. The van der Waals surface area contributed by atoms with E-state index in [2.05, 4.69) is 31.5 Å². The van der Waals surface area contributed by atoms with Crippen LogP contribution in [0.1, 0.15) is 28.8 Å². The quantitative estimate of drug-likeness (QED) is 0.881. The normalized spacial score (nSPS) is 13.8. The van der Waals surface area contributed by atoms with E-state index in [0.29, 0.717) is 11.6 Å². The van der Waals surface area contributed by atoms with Crippen molar-refractivity contribution in [2.45, 2.75) is 25.8 Å². The number of pyridine rings is 1. The lowest BCUT2D eigenvalue weighted by molar-refractivity contribution is 0.102. The van der Waals surface area contributed by atoms with Crippen molar-refractivity contribution in [2.75, 3.05) is 10.6 Å². The van der Waals surface area contributed by atoms with E-state index in [0.717, 1.165) is 21.4 Å². The lowest BCUT2D eigenvalue weighted by Gasteiger charge is -2.10. The molecular weight excluding hydrogens is 330 g/mol. The number of nitrogens with zero attached hydrogens (tertiary/aromatic N) is 1. The van der Waals surface area contributed by atoms with Gasteiger partial charge in [-0.3, -0.25) is 9.78 Å². The lowest BCUT2D eigenvalue weighted by atomic mass is 10.2. The Labute approximate surface area is 132 Å². The molecule has 0 radical (unpaired) electrons. The summed E-state index contributed by atoms with van der Waals surface area (Å²) in [6, 6.07) is 8.15. The number of nitrogens with one attached hydrogen (secondary N) is 2. The number of aromatic nitrogens is 1. The highest BCUT2D eigenvalue weighted by Crippen LogP contribution is 2.25. The third kappa shape index (κ3) is 3.61. The Morgan fingerprint density at radius 3 is 2.81 bits per heavy atom. The molecule has 1 amide bonds. The first kappa shape index (κ1) is 14.1. The van der Waals surface area contributed by atoms with Crippen molar-refractivity contribution in [3.8, 4) is 0 Å². The van der Waals surface area contributed by atoms with Crippen molar-refractivity contribution in [1.29, 1.82) is 0 Å². The van der Waals surface area contributed by atoms with E-state index in [1.165, 1.54) is 12.8 Å². The number of carbonyl (C=O) groups is 1. The minimum Gasteiger partial charge on any atom is -0.381 e. The average molecular weight is 346 g/mol. The number of halogens is 1. The zero-order chi connectivity index (χ0) is 14.8. The summed E-state index contributed by atoms with van der Waals surface area (Å²) in [5.41, 5.74) is 3.28. The molecule has 0 atom stereocenters. The van der Waals surface area contributed by atoms with Crippen LogP contribution in [0.25, 0.3) is 0 Å². The van der Waals surface area contributed by atoms with Gasteiger partial charge < -0.3 is 10.6 Å². The van der Waals surface area contributed by atoms with Crippen LogP contribution in [0, 0.1) is 6.92 Å². The van der Waals surface area contributed by atoms with Crippen LogP contribution >= 0.6 is 15.9 Å². The highest BCUT2D eigenvalue weighted by Gasteiger charge is 2.21. The molecular formula is C16H16BrN3O. The molecule has 2 aromatic rings. The van der Waals surface area contributed by atoms with Gasteiger partial charge in [-0.2, -0.15) is 0 Å². The summed E-state index contributed by atoms with van der Waals surface area (Å²) in [5.74, 6) is -0.146. The van der Waals surface area contributed by atoms with E-state index in [-0.39, 0.29) is 5.91 Å². The fourth-order valence-electron chi connectivity index (χ4n) is 2.07. The molecule has 1 saturated carbocycles. The van der Waals surface area contributed by atoms with E-state index in [9.17, 15) is 4.79 Å². The van der Waals surface area contributed by atoms with Crippen LogP contribution in [0.3, 0.4) is 0 Å². The Morgan fingerprint density at radius 2 is 2.10 bits per heavy atom. The fraction of sp³-hybridized carbons (Fsp3) is 0.250. The van der Waals surface area contributed by atoms with Crippen molar-refractivity contribution in [1.82, 2.24) is 4.98 Å². The average Bonchev–Trinajstić information content (AvgIpc) is 3.26. The van der Waals surface area contributed by atoms with E-state index in [1.807, 2.05) is 31.2 Å². The molecule has 4 nitrogen and oxygen atoms in total. The SMILES string of the molecule is Cc1cc(Br)ccc1NC(=O)c1cncc(NC2CC2)c1. The molecule has 21 heavy (non-hydrogen) atoms. The molecule has 2 N–H and O–H groups in total. The van der Waals surface area contributed by atoms with Gasteiger partial charge in [-0.25, -0.2) is 0 Å². The van der Waals surface area contributed by atoms with Crippen molar-refractivity contribution in [3.63, 3.8) is 0 Å². The van der Waals surface area contributed by atoms with E-state index >= 15 is 0 Å².